The molecule has 0 bridgehead atoms. The summed E-state index contributed by atoms with van der Waals surface area (Å²) >= 11 is 4.94. The molecule has 2 aromatic carbocycles. The summed E-state index contributed by atoms with van der Waals surface area (Å²) in [5.74, 6) is -0.849. The molecule has 0 saturated heterocycles. The van der Waals surface area contributed by atoms with Crippen molar-refractivity contribution in [2.75, 3.05) is 5.32 Å². The molecule has 0 saturated carbocycles. The van der Waals surface area contributed by atoms with E-state index in [9.17, 15) is 18.0 Å². The maximum atomic E-state index is 13.3. The first-order valence-corrected chi connectivity index (χ1v) is 8.14. The van der Waals surface area contributed by atoms with Crippen LogP contribution in [0.2, 0.25) is 0 Å². The van der Waals surface area contributed by atoms with Crippen molar-refractivity contribution in [3.63, 3.8) is 0 Å². The van der Waals surface area contributed by atoms with Crippen molar-refractivity contribution in [1.29, 1.82) is 0 Å². The Morgan fingerprint density at radius 1 is 1.00 bits per heavy atom. The monoisotopic (exact) mass is 381 g/mol. The number of hydrogen-bond donors (Lipinski definition) is 3. The van der Waals surface area contributed by atoms with E-state index in [4.69, 9.17) is 12.2 Å². The Morgan fingerprint density at radius 2 is 1.65 bits per heavy atom. The highest BCUT2D eigenvalue weighted by Crippen LogP contribution is 2.19. The first kappa shape index (κ1) is 19.7. The molecule has 3 N–H and O–H groups in total. The molecule has 0 aliphatic heterocycles. The van der Waals surface area contributed by atoms with Gasteiger partial charge in [0, 0.05) is 11.3 Å². The van der Waals surface area contributed by atoms with Crippen LogP contribution < -0.4 is 16.0 Å². The van der Waals surface area contributed by atoms with E-state index in [1.807, 2.05) is 25.2 Å². The average Bonchev–Trinajstić information content (AvgIpc) is 2.53. The number of carbonyl (C=O) groups is 1. The van der Waals surface area contributed by atoms with Gasteiger partial charge in [-0.15, -0.1) is 0 Å². The van der Waals surface area contributed by atoms with Gasteiger partial charge in [-0.2, -0.15) is 13.2 Å². The standard InChI is InChI=1S/C18H18F3N3OS/c1-11-6-8-13(9-7-11)15(25)23-16(18(19,20)21)24-17(26)22-14-5-3-4-12(2)10-14/h3-10,16H,1-2H3,(H,23,25)(H2,22,24,26). The van der Waals surface area contributed by atoms with E-state index in [2.05, 4.69) is 10.6 Å². The van der Waals surface area contributed by atoms with Crippen LogP contribution in [0.5, 0.6) is 0 Å². The van der Waals surface area contributed by atoms with Gasteiger partial charge in [-0.25, -0.2) is 0 Å². The lowest BCUT2D eigenvalue weighted by Gasteiger charge is -2.24. The summed E-state index contributed by atoms with van der Waals surface area (Å²) in [5.41, 5.74) is 2.51. The number of alkyl halides is 3. The van der Waals surface area contributed by atoms with E-state index in [1.165, 1.54) is 12.1 Å². The number of nitrogens with one attached hydrogen (secondary N) is 3. The largest absolute Gasteiger partial charge is 0.427 e. The van der Waals surface area contributed by atoms with Crippen LogP contribution in [0.3, 0.4) is 0 Å². The highest BCUT2D eigenvalue weighted by Gasteiger charge is 2.41. The molecule has 8 heteroatoms. The number of rotatable bonds is 4. The Balaban J connectivity index is 2.06. The molecule has 2 aromatic rings. The molecule has 0 radical (unpaired) electrons. The zero-order valence-corrected chi connectivity index (χ0v) is 15.0. The second-order valence-corrected chi connectivity index (χ2v) is 6.19. The minimum absolute atomic E-state index is 0.129. The quantitative estimate of drug-likeness (QED) is 0.555. The third kappa shape index (κ3) is 5.73. The van der Waals surface area contributed by atoms with E-state index >= 15 is 0 Å². The van der Waals surface area contributed by atoms with Gasteiger partial charge in [-0.1, -0.05) is 29.8 Å². The summed E-state index contributed by atoms with van der Waals surface area (Å²) in [6.07, 6.45) is -7.04. The summed E-state index contributed by atoms with van der Waals surface area (Å²) in [5, 5.41) is 6.45. The topological polar surface area (TPSA) is 53.2 Å². The van der Waals surface area contributed by atoms with E-state index < -0.39 is 18.2 Å². The van der Waals surface area contributed by atoms with Gasteiger partial charge in [-0.05, 0) is 55.9 Å². The molecule has 0 spiro atoms. The van der Waals surface area contributed by atoms with Crippen molar-refractivity contribution in [3.05, 3.63) is 65.2 Å². The van der Waals surface area contributed by atoms with Crippen LogP contribution in [0, 0.1) is 13.8 Å². The van der Waals surface area contributed by atoms with E-state index in [0.717, 1.165) is 11.1 Å². The van der Waals surface area contributed by atoms with Crippen molar-refractivity contribution in [3.8, 4) is 0 Å². The molecule has 4 nitrogen and oxygen atoms in total. The molecule has 0 aliphatic carbocycles. The molecule has 138 valence electrons. The van der Waals surface area contributed by atoms with Crippen LogP contribution in [-0.2, 0) is 0 Å². The summed E-state index contributed by atoms with van der Waals surface area (Å²) in [7, 11) is 0. The van der Waals surface area contributed by atoms with Gasteiger partial charge < -0.3 is 16.0 Å². The number of aryl methyl sites for hydroxylation is 2. The second-order valence-electron chi connectivity index (χ2n) is 5.78. The number of amides is 1. The fourth-order valence-electron chi connectivity index (χ4n) is 2.14. The van der Waals surface area contributed by atoms with Gasteiger partial charge >= 0.3 is 6.18 Å². The molecular weight excluding hydrogens is 363 g/mol. The summed E-state index contributed by atoms with van der Waals surface area (Å²) < 4.78 is 39.8. The number of halogens is 3. The molecule has 1 atom stereocenters. The van der Waals surface area contributed by atoms with Crippen LogP contribution in [0.25, 0.3) is 0 Å². The Morgan fingerprint density at radius 3 is 2.23 bits per heavy atom. The Kier molecular flexibility index (Phi) is 6.20. The second kappa shape index (κ2) is 8.18. The predicted molar refractivity (Wildman–Crippen MR) is 99.0 cm³/mol. The number of benzene rings is 2. The van der Waals surface area contributed by atoms with Crippen molar-refractivity contribution >= 4 is 28.9 Å². The zero-order chi connectivity index (χ0) is 19.3. The number of thiocarbonyl (C=S) groups is 1. The van der Waals surface area contributed by atoms with E-state index in [0.29, 0.717) is 5.69 Å². The number of carbonyl (C=O) groups excluding carboxylic acids is 1. The van der Waals surface area contributed by atoms with Crippen LogP contribution >= 0.6 is 12.2 Å². The molecule has 26 heavy (non-hydrogen) atoms. The van der Waals surface area contributed by atoms with Crippen LogP contribution in [0.15, 0.2) is 48.5 Å². The highest BCUT2D eigenvalue weighted by molar-refractivity contribution is 7.80. The van der Waals surface area contributed by atoms with Crippen molar-refractivity contribution in [2.24, 2.45) is 0 Å². The molecule has 2 rings (SSSR count). The number of anilines is 1. The fourth-order valence-corrected chi connectivity index (χ4v) is 2.38. The lowest BCUT2D eigenvalue weighted by molar-refractivity contribution is -0.156. The molecule has 1 unspecified atom stereocenters. The molecule has 0 aromatic heterocycles. The summed E-state index contributed by atoms with van der Waals surface area (Å²) in [6.45, 7) is 3.67. The Labute approximate surface area is 154 Å². The van der Waals surface area contributed by atoms with Crippen LogP contribution in [-0.4, -0.2) is 23.4 Å². The minimum atomic E-state index is -4.72. The normalized spacial score (nSPS) is 12.2. The van der Waals surface area contributed by atoms with Gasteiger partial charge in [0.2, 0.25) is 0 Å². The van der Waals surface area contributed by atoms with Gasteiger partial charge in [0.25, 0.3) is 5.91 Å². The number of hydrogen-bond acceptors (Lipinski definition) is 2. The minimum Gasteiger partial charge on any atom is -0.335 e. The molecular formula is C18H18F3N3OS. The predicted octanol–water partition coefficient (Wildman–Crippen LogP) is 3.91. The summed E-state index contributed by atoms with van der Waals surface area (Å²) in [6, 6.07) is 13.2. The molecule has 1 amide bonds. The molecule has 0 fully saturated rings. The van der Waals surface area contributed by atoms with Gasteiger partial charge in [0.1, 0.15) is 0 Å². The van der Waals surface area contributed by atoms with Gasteiger partial charge in [0.15, 0.2) is 11.3 Å². The van der Waals surface area contributed by atoms with E-state index in [-0.39, 0.29) is 10.7 Å². The lowest BCUT2D eigenvalue weighted by atomic mass is 10.1. The van der Waals surface area contributed by atoms with Gasteiger partial charge in [0.05, 0.1) is 0 Å². The third-order valence-electron chi connectivity index (χ3n) is 3.47. The molecule has 0 heterocycles. The third-order valence-corrected chi connectivity index (χ3v) is 3.69. The summed E-state index contributed by atoms with van der Waals surface area (Å²) in [4.78, 5) is 12.1. The SMILES string of the molecule is Cc1ccc(C(=O)NC(NC(=S)Nc2cccc(C)c2)C(F)(F)F)cc1. The highest BCUT2D eigenvalue weighted by atomic mass is 32.1. The maximum absolute atomic E-state index is 13.3. The Hall–Kier alpha value is -2.61. The van der Waals surface area contributed by atoms with E-state index in [1.54, 1.807) is 30.3 Å². The van der Waals surface area contributed by atoms with Crippen molar-refractivity contribution in [2.45, 2.75) is 26.2 Å². The fraction of sp³-hybridized carbons (Fsp3) is 0.222. The maximum Gasteiger partial charge on any atom is 0.427 e. The smallest absolute Gasteiger partial charge is 0.335 e. The van der Waals surface area contributed by atoms with Crippen LogP contribution in [0.4, 0.5) is 18.9 Å². The first-order chi connectivity index (χ1) is 12.1. The average molecular weight is 381 g/mol. The van der Waals surface area contributed by atoms with Crippen molar-refractivity contribution in [1.82, 2.24) is 10.6 Å². The van der Waals surface area contributed by atoms with Gasteiger partial charge in [-0.3, -0.25) is 4.79 Å². The first-order valence-electron chi connectivity index (χ1n) is 7.73. The van der Waals surface area contributed by atoms with Crippen LogP contribution in [0.1, 0.15) is 21.5 Å². The Bertz CT molecular complexity index is 791. The lowest BCUT2D eigenvalue weighted by Crippen LogP contribution is -2.57. The molecule has 0 aliphatic rings. The zero-order valence-electron chi connectivity index (χ0n) is 14.1. The van der Waals surface area contributed by atoms with Crippen molar-refractivity contribution < 1.29 is 18.0 Å².